The molecule has 6 nitrogen and oxygen atoms in total. The molecule has 7 heteroatoms. The fraction of sp³-hybridized carbons (Fsp3) is 0.727. The van der Waals surface area contributed by atoms with Gasteiger partial charge < -0.3 is 14.8 Å². The minimum absolute atomic E-state index is 0.370. The van der Waals surface area contributed by atoms with E-state index in [4.69, 9.17) is 14.8 Å². The van der Waals surface area contributed by atoms with Crippen LogP contribution in [0.1, 0.15) is 18.9 Å². The molecule has 0 bridgehead atoms. The number of hydrogen-bond donors (Lipinski definition) is 2. The fourth-order valence-electron chi connectivity index (χ4n) is 2.64. The highest BCUT2D eigenvalue weighted by atomic mass is 16.5. The van der Waals surface area contributed by atoms with E-state index in [1.165, 1.54) is 6.20 Å². The van der Waals surface area contributed by atoms with Crippen molar-refractivity contribution >= 4 is 12.6 Å². The van der Waals surface area contributed by atoms with Gasteiger partial charge in [0.25, 0.3) is 0 Å². The Morgan fingerprint density at radius 2 is 1.94 bits per heavy atom. The van der Waals surface area contributed by atoms with Gasteiger partial charge in [-0.15, -0.1) is 0 Å². The summed E-state index contributed by atoms with van der Waals surface area (Å²) in [4.78, 5) is 2.48. The van der Waals surface area contributed by atoms with Crippen molar-refractivity contribution in [3.63, 3.8) is 0 Å². The lowest BCUT2D eigenvalue weighted by Crippen LogP contribution is -2.51. The summed E-state index contributed by atoms with van der Waals surface area (Å²) in [5.41, 5.74) is 0.463. The molecule has 0 unspecified atom stereocenters. The summed E-state index contributed by atoms with van der Waals surface area (Å²) >= 11 is 0. The first-order valence-corrected chi connectivity index (χ1v) is 6.46. The Hall–Kier alpha value is -0.885. The van der Waals surface area contributed by atoms with Gasteiger partial charge in [0, 0.05) is 30.9 Å². The van der Waals surface area contributed by atoms with Crippen molar-refractivity contribution in [2.75, 3.05) is 26.3 Å². The highest BCUT2D eigenvalue weighted by Gasteiger charge is 2.30. The lowest BCUT2D eigenvalue weighted by molar-refractivity contribution is -0.0734. The van der Waals surface area contributed by atoms with E-state index >= 15 is 0 Å². The maximum Gasteiger partial charge on any atom is 0.491 e. The van der Waals surface area contributed by atoms with E-state index in [1.807, 2.05) is 4.68 Å². The van der Waals surface area contributed by atoms with Crippen molar-refractivity contribution in [3.05, 3.63) is 12.4 Å². The summed E-state index contributed by atoms with van der Waals surface area (Å²) < 4.78 is 7.08. The Kier molecular flexibility index (Phi) is 3.38. The van der Waals surface area contributed by atoms with Crippen LogP contribution in [-0.2, 0) is 4.74 Å². The van der Waals surface area contributed by atoms with Crippen molar-refractivity contribution in [2.45, 2.75) is 24.9 Å². The summed E-state index contributed by atoms with van der Waals surface area (Å²) in [5.74, 6) is 0. The first kappa shape index (κ1) is 12.2. The van der Waals surface area contributed by atoms with Crippen molar-refractivity contribution < 1.29 is 14.8 Å². The molecule has 1 aromatic rings. The number of likely N-dealkylation sites (tertiary alicyclic amines) is 1. The standard InChI is InChI=1S/C11H18BN3O3/c16-12(17)9-5-13-15(6-9)10-1-3-14(4-2-10)11-7-18-8-11/h5-6,10-11,16-17H,1-4,7-8H2. The van der Waals surface area contributed by atoms with Gasteiger partial charge in [-0.05, 0) is 12.8 Å². The zero-order chi connectivity index (χ0) is 12.5. The van der Waals surface area contributed by atoms with Crippen LogP contribution in [0, 0.1) is 0 Å². The van der Waals surface area contributed by atoms with Gasteiger partial charge >= 0.3 is 7.12 Å². The van der Waals surface area contributed by atoms with E-state index in [2.05, 4.69) is 10.00 Å². The molecule has 2 aliphatic heterocycles. The second kappa shape index (κ2) is 5.01. The Labute approximate surface area is 106 Å². The molecule has 1 aromatic heterocycles. The van der Waals surface area contributed by atoms with Crippen LogP contribution in [0.2, 0.25) is 0 Å². The summed E-state index contributed by atoms with van der Waals surface area (Å²) in [5, 5.41) is 22.4. The number of rotatable bonds is 3. The summed E-state index contributed by atoms with van der Waals surface area (Å²) in [6.45, 7) is 3.87. The van der Waals surface area contributed by atoms with Crippen LogP contribution in [-0.4, -0.2) is 64.2 Å². The molecule has 2 fully saturated rings. The van der Waals surface area contributed by atoms with Crippen LogP contribution in [0.3, 0.4) is 0 Å². The molecule has 2 aliphatic rings. The zero-order valence-electron chi connectivity index (χ0n) is 10.3. The van der Waals surface area contributed by atoms with Crippen LogP contribution >= 0.6 is 0 Å². The Bertz CT molecular complexity index is 400. The Morgan fingerprint density at radius 3 is 2.44 bits per heavy atom. The minimum atomic E-state index is -1.43. The molecule has 2 saturated heterocycles. The van der Waals surface area contributed by atoms with E-state index in [0.29, 0.717) is 17.5 Å². The second-order valence-corrected chi connectivity index (χ2v) is 5.09. The summed E-state index contributed by atoms with van der Waals surface area (Å²) in [6.07, 6.45) is 5.37. The number of nitrogens with zero attached hydrogens (tertiary/aromatic N) is 3. The zero-order valence-corrected chi connectivity index (χ0v) is 10.3. The number of piperidine rings is 1. The van der Waals surface area contributed by atoms with Crippen molar-refractivity contribution in [3.8, 4) is 0 Å². The summed E-state index contributed by atoms with van der Waals surface area (Å²) in [7, 11) is -1.43. The van der Waals surface area contributed by atoms with Crippen molar-refractivity contribution in [1.29, 1.82) is 0 Å². The summed E-state index contributed by atoms with van der Waals surface area (Å²) in [6, 6.07) is 0.980. The third-order valence-corrected chi connectivity index (χ3v) is 3.93. The van der Waals surface area contributed by atoms with Crippen LogP contribution in [0.15, 0.2) is 12.4 Å². The first-order chi connectivity index (χ1) is 8.74. The molecule has 0 atom stereocenters. The number of ether oxygens (including phenoxy) is 1. The van der Waals surface area contributed by atoms with Crippen LogP contribution in [0.25, 0.3) is 0 Å². The molecule has 0 aromatic carbocycles. The lowest BCUT2D eigenvalue weighted by atomic mass is 9.83. The van der Waals surface area contributed by atoms with Gasteiger partial charge in [0.1, 0.15) is 0 Å². The van der Waals surface area contributed by atoms with E-state index in [1.54, 1.807) is 6.20 Å². The van der Waals surface area contributed by atoms with Gasteiger partial charge in [-0.25, -0.2) is 0 Å². The smallest absolute Gasteiger partial charge is 0.423 e. The molecule has 2 N–H and O–H groups in total. The maximum atomic E-state index is 9.07. The predicted octanol–water partition coefficient (Wildman–Crippen LogP) is -1.40. The monoisotopic (exact) mass is 251 g/mol. The van der Waals surface area contributed by atoms with Crippen LogP contribution in [0.4, 0.5) is 0 Å². The first-order valence-electron chi connectivity index (χ1n) is 6.46. The molecule has 0 spiro atoms. The molecular formula is C11H18BN3O3. The Morgan fingerprint density at radius 1 is 1.22 bits per heavy atom. The highest BCUT2D eigenvalue weighted by molar-refractivity contribution is 6.58. The largest absolute Gasteiger partial charge is 0.491 e. The molecule has 0 radical (unpaired) electrons. The van der Waals surface area contributed by atoms with Gasteiger partial charge in [0.05, 0.1) is 25.3 Å². The van der Waals surface area contributed by atoms with E-state index in [9.17, 15) is 0 Å². The molecule has 18 heavy (non-hydrogen) atoms. The highest BCUT2D eigenvalue weighted by Crippen LogP contribution is 2.24. The Balaban J connectivity index is 1.57. The predicted molar refractivity (Wildman–Crippen MR) is 66.5 cm³/mol. The van der Waals surface area contributed by atoms with Gasteiger partial charge in [-0.3, -0.25) is 9.58 Å². The topological polar surface area (TPSA) is 70.8 Å². The van der Waals surface area contributed by atoms with E-state index in [-0.39, 0.29) is 0 Å². The second-order valence-electron chi connectivity index (χ2n) is 5.09. The van der Waals surface area contributed by atoms with Crippen LogP contribution < -0.4 is 5.46 Å². The minimum Gasteiger partial charge on any atom is -0.423 e. The SMILES string of the molecule is OB(O)c1cnn(C2CCN(C3COC3)CC2)c1. The van der Waals surface area contributed by atoms with Crippen LogP contribution in [0.5, 0.6) is 0 Å². The van der Waals surface area contributed by atoms with Crippen molar-refractivity contribution in [2.24, 2.45) is 0 Å². The molecule has 0 amide bonds. The molecule has 3 rings (SSSR count). The maximum absolute atomic E-state index is 9.07. The average Bonchev–Trinajstić information content (AvgIpc) is 2.77. The number of aromatic nitrogens is 2. The van der Waals surface area contributed by atoms with Gasteiger partial charge in [0.15, 0.2) is 0 Å². The third-order valence-electron chi connectivity index (χ3n) is 3.93. The molecule has 98 valence electrons. The molecular weight excluding hydrogens is 233 g/mol. The lowest BCUT2D eigenvalue weighted by Gasteiger charge is -2.41. The quantitative estimate of drug-likeness (QED) is 0.646. The molecule has 3 heterocycles. The molecule has 0 saturated carbocycles. The fourth-order valence-corrected chi connectivity index (χ4v) is 2.64. The van der Waals surface area contributed by atoms with E-state index in [0.717, 1.165) is 39.1 Å². The van der Waals surface area contributed by atoms with E-state index < -0.39 is 7.12 Å². The third kappa shape index (κ3) is 2.31. The van der Waals surface area contributed by atoms with Crippen molar-refractivity contribution in [1.82, 2.24) is 14.7 Å². The van der Waals surface area contributed by atoms with Gasteiger partial charge in [0.2, 0.25) is 0 Å². The average molecular weight is 251 g/mol. The molecule has 0 aliphatic carbocycles. The van der Waals surface area contributed by atoms with Gasteiger partial charge in [-0.2, -0.15) is 5.10 Å². The van der Waals surface area contributed by atoms with Gasteiger partial charge in [-0.1, -0.05) is 0 Å². The normalized spacial score (nSPS) is 23.0. The number of hydrogen-bond acceptors (Lipinski definition) is 5.